The molecule has 208 valence electrons. The maximum Gasteiger partial charge on any atom is 0.411 e. The van der Waals surface area contributed by atoms with Crippen LogP contribution in [-0.4, -0.2) is 62.1 Å². The number of carbonyl (C=O) groups is 1. The molecule has 2 N–H and O–H groups in total. The highest BCUT2D eigenvalue weighted by atomic mass is 16.6. The van der Waals surface area contributed by atoms with Crippen LogP contribution in [0.15, 0.2) is 35.1 Å². The first-order valence-corrected chi connectivity index (χ1v) is 12.7. The molecule has 1 amide bonds. The summed E-state index contributed by atoms with van der Waals surface area (Å²) in [7, 11) is 3.17. The summed E-state index contributed by atoms with van der Waals surface area (Å²) in [5, 5.41) is 8.79. The van der Waals surface area contributed by atoms with Gasteiger partial charge in [-0.1, -0.05) is 11.8 Å². The Kier molecular flexibility index (Phi) is 6.97. The van der Waals surface area contributed by atoms with Gasteiger partial charge in [0, 0.05) is 31.3 Å². The lowest BCUT2D eigenvalue weighted by atomic mass is 10.1. The third-order valence-corrected chi connectivity index (χ3v) is 6.46. The van der Waals surface area contributed by atoms with Gasteiger partial charge in [-0.15, -0.1) is 10.2 Å². The smallest absolute Gasteiger partial charge is 0.411 e. The molecular formula is C28H31N7O5. The van der Waals surface area contributed by atoms with Gasteiger partial charge in [0.2, 0.25) is 11.8 Å². The monoisotopic (exact) mass is 545 g/mol. The number of fused-ring (bicyclic) bond motifs is 1. The standard InChI is InChI=1S/C28H31N7O5/c1-16-32-33-26(39-16)22-11-19(14-35(22)27(36)40-28(2,3)4)34-13-18(23-24(29)30-15-31-25(23)34)8-7-17-9-20(37-5)12-21(10-17)38-6/h9-10,12-13,15,19,22H,11,14H2,1-6H3,(H2,29,30,31). The van der Waals surface area contributed by atoms with Crippen molar-refractivity contribution in [3.05, 3.63) is 53.6 Å². The van der Waals surface area contributed by atoms with Crippen molar-refractivity contribution >= 4 is 22.9 Å². The fraction of sp³-hybridized carbons (Fsp3) is 0.393. The average molecular weight is 546 g/mol. The number of nitrogen functional groups attached to an aromatic ring is 1. The van der Waals surface area contributed by atoms with E-state index in [2.05, 4.69) is 32.0 Å². The number of benzene rings is 1. The number of likely N-dealkylation sites (tertiary alicyclic amines) is 1. The van der Waals surface area contributed by atoms with Crippen molar-refractivity contribution < 1.29 is 23.4 Å². The van der Waals surface area contributed by atoms with Crippen molar-refractivity contribution in [2.24, 2.45) is 0 Å². The summed E-state index contributed by atoms with van der Waals surface area (Å²) in [4.78, 5) is 23.6. The predicted molar refractivity (Wildman–Crippen MR) is 146 cm³/mol. The van der Waals surface area contributed by atoms with Crippen LogP contribution in [0.2, 0.25) is 0 Å². The van der Waals surface area contributed by atoms with Crippen LogP contribution in [0.25, 0.3) is 11.0 Å². The number of nitrogens with zero attached hydrogens (tertiary/aromatic N) is 6. The zero-order valence-corrected chi connectivity index (χ0v) is 23.3. The van der Waals surface area contributed by atoms with Crippen LogP contribution in [0.5, 0.6) is 11.5 Å². The number of nitrogens with two attached hydrogens (primary N) is 1. The highest BCUT2D eigenvalue weighted by molar-refractivity contribution is 5.92. The van der Waals surface area contributed by atoms with Crippen LogP contribution >= 0.6 is 0 Å². The van der Waals surface area contributed by atoms with Gasteiger partial charge in [0.25, 0.3) is 0 Å². The van der Waals surface area contributed by atoms with Crippen molar-refractivity contribution in [1.82, 2.24) is 29.6 Å². The van der Waals surface area contributed by atoms with Gasteiger partial charge in [-0.25, -0.2) is 14.8 Å². The van der Waals surface area contributed by atoms with Crippen LogP contribution < -0.4 is 15.2 Å². The van der Waals surface area contributed by atoms with E-state index in [4.69, 9.17) is 24.4 Å². The van der Waals surface area contributed by atoms with E-state index in [-0.39, 0.29) is 6.04 Å². The Bertz CT molecular complexity index is 1600. The number of amides is 1. The van der Waals surface area contributed by atoms with E-state index in [0.29, 0.717) is 64.2 Å². The van der Waals surface area contributed by atoms with Crippen molar-refractivity contribution in [2.45, 2.75) is 51.8 Å². The van der Waals surface area contributed by atoms with Crippen LogP contribution in [-0.2, 0) is 4.74 Å². The van der Waals surface area contributed by atoms with E-state index >= 15 is 0 Å². The van der Waals surface area contributed by atoms with Gasteiger partial charge in [0.05, 0.1) is 31.2 Å². The molecule has 2 atom stereocenters. The molecule has 1 aliphatic rings. The molecule has 5 rings (SSSR count). The number of hydrogen-bond donors (Lipinski definition) is 1. The minimum atomic E-state index is -0.669. The molecule has 4 aromatic rings. The van der Waals surface area contributed by atoms with E-state index < -0.39 is 17.7 Å². The van der Waals surface area contributed by atoms with Crippen molar-refractivity contribution in [3.63, 3.8) is 0 Å². The summed E-state index contributed by atoms with van der Waals surface area (Å²) in [6.45, 7) is 7.52. The molecule has 1 fully saturated rings. The molecule has 1 aliphatic heterocycles. The summed E-state index contributed by atoms with van der Waals surface area (Å²) in [5.74, 6) is 8.72. The maximum absolute atomic E-state index is 13.2. The van der Waals surface area contributed by atoms with Crippen molar-refractivity contribution in [2.75, 3.05) is 26.5 Å². The third kappa shape index (κ3) is 5.36. The second-order valence-electron chi connectivity index (χ2n) is 10.5. The van der Waals surface area contributed by atoms with E-state index in [1.54, 1.807) is 32.1 Å². The molecule has 0 radical (unpaired) electrons. The van der Waals surface area contributed by atoms with Crippen LogP contribution in [0.3, 0.4) is 0 Å². The number of rotatable bonds is 4. The average Bonchev–Trinajstić information content (AvgIpc) is 3.63. The number of anilines is 1. The molecule has 1 saturated heterocycles. The van der Waals surface area contributed by atoms with Crippen LogP contribution in [0.4, 0.5) is 10.6 Å². The lowest BCUT2D eigenvalue weighted by Crippen LogP contribution is -2.37. The number of aromatic nitrogens is 5. The summed E-state index contributed by atoms with van der Waals surface area (Å²) < 4.78 is 24.1. The molecular weight excluding hydrogens is 514 g/mol. The predicted octanol–water partition coefficient (Wildman–Crippen LogP) is 4.05. The molecule has 0 aliphatic carbocycles. The van der Waals surface area contributed by atoms with Crippen LogP contribution in [0.1, 0.15) is 62.2 Å². The van der Waals surface area contributed by atoms with Gasteiger partial charge in [0.15, 0.2) is 0 Å². The fourth-order valence-corrected chi connectivity index (χ4v) is 4.72. The lowest BCUT2D eigenvalue weighted by Gasteiger charge is -2.27. The first kappa shape index (κ1) is 26.8. The number of methoxy groups -OCH3 is 2. The molecule has 0 saturated carbocycles. The summed E-state index contributed by atoms with van der Waals surface area (Å²) >= 11 is 0. The Balaban J connectivity index is 1.55. The topological polar surface area (TPSA) is 144 Å². The van der Waals surface area contributed by atoms with Gasteiger partial charge in [0.1, 0.15) is 40.9 Å². The molecule has 40 heavy (non-hydrogen) atoms. The molecule has 0 spiro atoms. The molecule has 1 aromatic carbocycles. The second-order valence-corrected chi connectivity index (χ2v) is 10.5. The number of hydrogen-bond acceptors (Lipinski definition) is 10. The normalized spacial score (nSPS) is 17.0. The van der Waals surface area contributed by atoms with E-state index in [1.165, 1.54) is 6.33 Å². The number of aryl methyl sites for hydroxylation is 1. The molecule has 12 heteroatoms. The van der Waals surface area contributed by atoms with E-state index in [0.717, 1.165) is 0 Å². The molecule has 12 nitrogen and oxygen atoms in total. The van der Waals surface area contributed by atoms with E-state index in [1.807, 2.05) is 43.7 Å². The molecule has 0 bridgehead atoms. The summed E-state index contributed by atoms with van der Waals surface area (Å²) in [6.07, 6.45) is 3.33. The Labute approximate surface area is 231 Å². The van der Waals surface area contributed by atoms with Gasteiger partial charge >= 0.3 is 6.09 Å². The molecule has 2 unspecified atom stereocenters. The largest absolute Gasteiger partial charge is 0.497 e. The number of carbonyl (C=O) groups excluding carboxylic acids is 1. The Morgan fingerprint density at radius 1 is 1.10 bits per heavy atom. The fourth-order valence-electron chi connectivity index (χ4n) is 4.72. The van der Waals surface area contributed by atoms with E-state index in [9.17, 15) is 4.79 Å². The van der Waals surface area contributed by atoms with Gasteiger partial charge in [-0.05, 0) is 39.3 Å². The van der Waals surface area contributed by atoms with Crippen molar-refractivity contribution in [1.29, 1.82) is 0 Å². The Hall–Kier alpha value is -4.79. The first-order chi connectivity index (χ1) is 19.1. The third-order valence-electron chi connectivity index (χ3n) is 6.46. The highest BCUT2D eigenvalue weighted by Gasteiger charge is 2.42. The van der Waals surface area contributed by atoms with Crippen LogP contribution in [0, 0.1) is 18.8 Å². The minimum Gasteiger partial charge on any atom is -0.497 e. The zero-order chi connectivity index (χ0) is 28.6. The quantitative estimate of drug-likeness (QED) is 0.373. The first-order valence-electron chi connectivity index (χ1n) is 12.7. The van der Waals surface area contributed by atoms with Gasteiger partial charge in [-0.3, -0.25) is 4.90 Å². The minimum absolute atomic E-state index is 0.200. The number of ether oxygens (including phenoxy) is 3. The van der Waals surface area contributed by atoms with Gasteiger partial charge < -0.3 is 28.9 Å². The molecule has 4 heterocycles. The Morgan fingerprint density at radius 3 is 2.45 bits per heavy atom. The SMILES string of the molecule is COc1cc(C#Cc2cn(C3CC(c4nnc(C)o4)N(C(=O)OC(C)(C)C)C3)c3ncnc(N)c23)cc(OC)c1. The highest BCUT2D eigenvalue weighted by Crippen LogP contribution is 2.40. The van der Waals surface area contributed by atoms with Crippen molar-refractivity contribution in [3.8, 4) is 23.3 Å². The summed E-state index contributed by atoms with van der Waals surface area (Å²) in [6, 6.07) is 4.74. The maximum atomic E-state index is 13.2. The second kappa shape index (κ2) is 10.4. The van der Waals surface area contributed by atoms with Gasteiger partial charge in [-0.2, -0.15) is 0 Å². The Morgan fingerprint density at radius 2 is 1.82 bits per heavy atom. The molecule has 3 aromatic heterocycles. The summed E-state index contributed by atoms with van der Waals surface area (Å²) in [5.41, 5.74) is 7.60. The zero-order valence-electron chi connectivity index (χ0n) is 23.3. The lowest BCUT2D eigenvalue weighted by molar-refractivity contribution is 0.0199.